The average molecular weight is 561 g/mol. The first-order valence-electron chi connectivity index (χ1n) is 12.6. The van der Waals surface area contributed by atoms with Crippen molar-refractivity contribution in [1.29, 1.82) is 5.26 Å². The van der Waals surface area contributed by atoms with Gasteiger partial charge in [0.1, 0.15) is 24.5 Å². The van der Waals surface area contributed by atoms with E-state index in [4.69, 9.17) is 5.73 Å². The molecule has 206 valence electrons. The van der Waals surface area contributed by atoms with E-state index in [9.17, 15) is 24.8 Å². The molecule has 2 aromatic carbocycles. The van der Waals surface area contributed by atoms with Gasteiger partial charge in [0.05, 0.1) is 29.4 Å². The summed E-state index contributed by atoms with van der Waals surface area (Å²) in [4.78, 5) is 47.7. The van der Waals surface area contributed by atoms with Crippen LogP contribution in [0.15, 0.2) is 43.0 Å². The monoisotopic (exact) mass is 560 g/mol. The molecule has 3 aromatic rings. The molecule has 2 saturated heterocycles. The fourth-order valence-electron chi connectivity index (χ4n) is 5.34. The number of anilines is 1. The molecule has 13 heteroatoms. The Labute approximate surface area is 234 Å². The molecule has 2 aliphatic rings. The number of fused-ring (bicyclic) bond motifs is 2. The summed E-state index contributed by atoms with van der Waals surface area (Å²) < 4.78 is 0.899. The van der Waals surface area contributed by atoms with Gasteiger partial charge >= 0.3 is 6.03 Å². The van der Waals surface area contributed by atoms with Crippen molar-refractivity contribution in [3.05, 3.63) is 59.7 Å². The SMILES string of the molecule is C=Cc1cc(C[C@H]2C(=O)N(Cc3cccc4sc(N)nc34)C[C@H]3N2C(=O)CN3N(CC#N)C(=O)NC)ccc1O. The number of urea groups is 1. The maximum Gasteiger partial charge on any atom is 0.332 e. The molecule has 5 rings (SSSR count). The Bertz CT molecular complexity index is 1550. The minimum Gasteiger partial charge on any atom is -0.507 e. The Balaban J connectivity index is 1.54. The molecule has 0 radical (unpaired) electrons. The number of nitrogen functional groups attached to an aromatic ring is 1. The summed E-state index contributed by atoms with van der Waals surface area (Å²) in [6, 6.07) is 11.2. The van der Waals surface area contributed by atoms with Gasteiger partial charge in [-0.1, -0.05) is 42.2 Å². The van der Waals surface area contributed by atoms with E-state index < -0.39 is 18.2 Å². The number of hydrogen-bond donors (Lipinski definition) is 3. The van der Waals surface area contributed by atoms with Crippen LogP contribution in [0.25, 0.3) is 16.3 Å². The first-order valence-corrected chi connectivity index (χ1v) is 13.4. The topological polar surface area (TPSA) is 159 Å². The Morgan fingerprint density at radius 3 is 2.90 bits per heavy atom. The summed E-state index contributed by atoms with van der Waals surface area (Å²) in [5.41, 5.74) is 8.71. The Morgan fingerprint density at radius 2 is 2.17 bits per heavy atom. The van der Waals surface area contributed by atoms with E-state index in [0.717, 1.165) is 15.8 Å². The molecular formula is C27H28N8O4S. The van der Waals surface area contributed by atoms with Gasteiger partial charge in [-0.05, 0) is 29.3 Å². The highest BCUT2D eigenvalue weighted by Crippen LogP contribution is 2.33. The van der Waals surface area contributed by atoms with Crippen molar-refractivity contribution in [1.82, 2.24) is 30.1 Å². The summed E-state index contributed by atoms with van der Waals surface area (Å²) in [5.74, 6) is -0.524. The zero-order chi connectivity index (χ0) is 28.6. The minimum atomic E-state index is -0.883. The van der Waals surface area contributed by atoms with Crippen LogP contribution in [0.2, 0.25) is 0 Å². The van der Waals surface area contributed by atoms with Crippen molar-refractivity contribution in [2.45, 2.75) is 25.2 Å². The van der Waals surface area contributed by atoms with Gasteiger partial charge in [0.15, 0.2) is 5.13 Å². The number of nitriles is 1. The molecule has 1 aromatic heterocycles. The lowest BCUT2D eigenvalue weighted by atomic mass is 9.98. The number of piperazine rings is 1. The van der Waals surface area contributed by atoms with Crippen LogP contribution in [0.5, 0.6) is 5.75 Å². The normalized spacial score (nSPS) is 19.0. The number of nitrogens with zero attached hydrogens (tertiary/aromatic N) is 6. The molecule has 0 spiro atoms. The van der Waals surface area contributed by atoms with Crippen LogP contribution in [0, 0.1) is 11.3 Å². The number of nitrogens with one attached hydrogen (secondary N) is 1. The zero-order valence-electron chi connectivity index (χ0n) is 21.8. The number of carbonyl (C=O) groups excluding carboxylic acids is 3. The number of rotatable bonds is 7. The van der Waals surface area contributed by atoms with Crippen LogP contribution in [0.4, 0.5) is 9.93 Å². The molecule has 0 saturated carbocycles. The highest BCUT2D eigenvalue weighted by Gasteiger charge is 2.52. The van der Waals surface area contributed by atoms with Crippen LogP contribution in [0.3, 0.4) is 0 Å². The van der Waals surface area contributed by atoms with Gasteiger partial charge in [0.25, 0.3) is 0 Å². The fourth-order valence-corrected chi connectivity index (χ4v) is 6.12. The van der Waals surface area contributed by atoms with E-state index in [1.54, 1.807) is 22.0 Å². The average Bonchev–Trinajstić information content (AvgIpc) is 3.49. The predicted molar refractivity (Wildman–Crippen MR) is 149 cm³/mol. The predicted octanol–water partition coefficient (Wildman–Crippen LogP) is 1.73. The standard InChI is InChI=1S/C27H28N8O4S/c1-3-17-11-16(7-8-20(17)36)12-19-25(38)32(13-18-5-4-6-21-24(18)31-26(29)40-21)14-22-34(15-23(37)35(19)22)33(10-9-28)27(39)30-2/h3-8,11,19,22,36H,1,10,12-15H2,2H3,(H2,29,31)(H,30,39)/t19-,22+/m0/s1. The Kier molecular flexibility index (Phi) is 7.29. The van der Waals surface area contributed by atoms with Crippen molar-refractivity contribution in [3.8, 4) is 11.8 Å². The van der Waals surface area contributed by atoms with Gasteiger partial charge in [-0.15, -0.1) is 0 Å². The quantitative estimate of drug-likeness (QED) is 0.369. The summed E-state index contributed by atoms with van der Waals surface area (Å²) in [7, 11) is 1.45. The van der Waals surface area contributed by atoms with E-state index in [1.807, 2.05) is 24.3 Å². The molecule has 4 N–H and O–H groups in total. The maximum atomic E-state index is 14.0. The smallest absolute Gasteiger partial charge is 0.332 e. The molecule has 4 amide bonds. The molecule has 0 aliphatic carbocycles. The summed E-state index contributed by atoms with van der Waals surface area (Å²) >= 11 is 1.36. The van der Waals surface area contributed by atoms with E-state index in [2.05, 4.69) is 16.9 Å². The number of amides is 4. The first kappa shape index (κ1) is 26.9. The van der Waals surface area contributed by atoms with Crippen LogP contribution in [-0.2, 0) is 22.6 Å². The van der Waals surface area contributed by atoms with E-state index in [-0.39, 0.29) is 50.2 Å². The number of benzene rings is 2. The van der Waals surface area contributed by atoms with Gasteiger partial charge < -0.3 is 26.0 Å². The van der Waals surface area contributed by atoms with Crippen molar-refractivity contribution >= 4 is 50.6 Å². The summed E-state index contributed by atoms with van der Waals surface area (Å²) in [6.45, 7) is 3.62. The number of para-hydroxylation sites is 1. The third-order valence-corrected chi connectivity index (χ3v) is 8.02. The van der Waals surface area contributed by atoms with Gasteiger partial charge in [0, 0.05) is 25.6 Å². The van der Waals surface area contributed by atoms with Gasteiger partial charge in [-0.3, -0.25) is 9.59 Å². The number of nitrogens with two attached hydrogens (primary N) is 1. The molecule has 12 nitrogen and oxygen atoms in total. The Hall–Kier alpha value is -4.67. The van der Waals surface area contributed by atoms with Crippen molar-refractivity contribution in [3.63, 3.8) is 0 Å². The van der Waals surface area contributed by atoms with Crippen molar-refractivity contribution < 1.29 is 19.5 Å². The van der Waals surface area contributed by atoms with E-state index in [0.29, 0.717) is 16.2 Å². The molecule has 0 bridgehead atoms. The highest BCUT2D eigenvalue weighted by molar-refractivity contribution is 7.22. The summed E-state index contributed by atoms with van der Waals surface area (Å²) in [6.07, 6.45) is 1.01. The van der Waals surface area contributed by atoms with E-state index in [1.165, 1.54) is 40.4 Å². The molecule has 2 aliphatic heterocycles. The molecular weight excluding hydrogens is 532 g/mol. The first-order chi connectivity index (χ1) is 19.2. The van der Waals surface area contributed by atoms with Crippen LogP contribution in [-0.4, -0.2) is 86.6 Å². The fraction of sp³-hybridized carbons (Fsp3) is 0.296. The maximum absolute atomic E-state index is 14.0. The number of hydrazine groups is 1. The third-order valence-electron chi connectivity index (χ3n) is 7.17. The summed E-state index contributed by atoms with van der Waals surface area (Å²) in [5, 5.41) is 25.2. The lowest BCUT2D eigenvalue weighted by Gasteiger charge is -2.46. The second kappa shape index (κ2) is 10.8. The van der Waals surface area contributed by atoms with Crippen LogP contribution >= 0.6 is 11.3 Å². The number of aromatic hydroxyl groups is 1. The van der Waals surface area contributed by atoms with Gasteiger partial charge in [-0.2, -0.15) is 10.3 Å². The molecule has 0 unspecified atom stereocenters. The van der Waals surface area contributed by atoms with Gasteiger partial charge in [-0.25, -0.2) is 14.8 Å². The third kappa shape index (κ3) is 4.78. The molecule has 2 atom stereocenters. The number of phenols is 1. The Morgan fingerprint density at radius 1 is 1.38 bits per heavy atom. The number of hydrogen-bond acceptors (Lipinski definition) is 9. The molecule has 2 fully saturated rings. The highest BCUT2D eigenvalue weighted by atomic mass is 32.1. The lowest BCUT2D eigenvalue weighted by Crippen LogP contribution is -2.66. The van der Waals surface area contributed by atoms with Crippen LogP contribution < -0.4 is 11.1 Å². The molecule has 40 heavy (non-hydrogen) atoms. The van der Waals surface area contributed by atoms with Crippen molar-refractivity contribution in [2.75, 3.05) is 32.4 Å². The number of phenolic OH excluding ortho intramolecular Hbond substituents is 1. The van der Waals surface area contributed by atoms with E-state index >= 15 is 0 Å². The van der Waals surface area contributed by atoms with Gasteiger partial charge in [0.2, 0.25) is 11.8 Å². The van der Waals surface area contributed by atoms with Crippen molar-refractivity contribution in [2.24, 2.45) is 0 Å². The second-order valence-corrected chi connectivity index (χ2v) is 10.6. The number of aromatic nitrogens is 1. The number of carbonyl (C=O) groups is 3. The lowest BCUT2D eigenvalue weighted by molar-refractivity contribution is -0.157. The largest absolute Gasteiger partial charge is 0.507 e. The molecule has 3 heterocycles. The van der Waals surface area contributed by atoms with Crippen LogP contribution in [0.1, 0.15) is 16.7 Å². The second-order valence-electron chi connectivity index (χ2n) is 9.50. The minimum absolute atomic E-state index is 0.0602. The number of thiazole rings is 1. The zero-order valence-corrected chi connectivity index (χ0v) is 22.6.